The van der Waals surface area contributed by atoms with Crippen molar-refractivity contribution < 1.29 is 26.9 Å². The third-order valence-electron chi connectivity index (χ3n) is 5.07. The Hall–Kier alpha value is -3.15. The second kappa shape index (κ2) is 10.6. The van der Waals surface area contributed by atoms with Gasteiger partial charge in [0.1, 0.15) is 22.3 Å². The Bertz CT molecular complexity index is 1280. The molecule has 188 valence electrons. The molecule has 0 aliphatic rings. The van der Waals surface area contributed by atoms with Gasteiger partial charge in [0.05, 0.1) is 26.0 Å². The summed E-state index contributed by atoms with van der Waals surface area (Å²) in [5.74, 6) is 1.29. The summed E-state index contributed by atoms with van der Waals surface area (Å²) in [6.07, 6.45) is 0.435. The highest BCUT2D eigenvalue weighted by Gasteiger charge is 2.27. The summed E-state index contributed by atoms with van der Waals surface area (Å²) in [5.41, 5.74) is 1.78. The molecule has 1 aromatic heterocycles. The molecule has 3 N–H and O–H groups in total. The van der Waals surface area contributed by atoms with E-state index in [-0.39, 0.29) is 11.7 Å². The van der Waals surface area contributed by atoms with Gasteiger partial charge in [0.25, 0.3) is 0 Å². The van der Waals surface area contributed by atoms with Crippen molar-refractivity contribution in [2.24, 2.45) is 10.6 Å². The van der Waals surface area contributed by atoms with Crippen molar-refractivity contribution in [2.75, 3.05) is 14.2 Å². The number of aromatic nitrogens is 1. The molecule has 11 heteroatoms. The monoisotopic (exact) mass is 519 g/mol. The number of methoxy groups -OCH3 is 2. The highest BCUT2D eigenvalue weighted by atomic mass is 32.2. The Balaban J connectivity index is 1.91. The molecule has 1 heterocycles. The van der Waals surface area contributed by atoms with Crippen molar-refractivity contribution >= 4 is 27.5 Å². The average Bonchev–Trinajstić information content (AvgIpc) is 3.27. The maximum atomic E-state index is 12.8. The first-order chi connectivity index (χ1) is 16.4. The summed E-state index contributed by atoms with van der Waals surface area (Å²) in [7, 11) is -0.932. The third kappa shape index (κ3) is 7.17. The van der Waals surface area contributed by atoms with Crippen LogP contribution in [0.25, 0.3) is 11.3 Å². The Kier molecular flexibility index (Phi) is 8.04. The SMILES string of the molecule is COc1ccc(-c2csc(C(Cc3ccc(OS(N)(=O)=O)cc3)NC(=O)C(C)(C)C)n2)c(OC)c1. The lowest BCUT2D eigenvalue weighted by molar-refractivity contribution is -0.129. The molecule has 1 atom stereocenters. The second-order valence-corrected chi connectivity index (χ2v) is 10.9. The van der Waals surface area contributed by atoms with E-state index in [2.05, 4.69) is 5.32 Å². The number of amides is 1. The number of carbonyl (C=O) groups excluding carboxylic acids is 1. The number of nitrogens with one attached hydrogen (secondary N) is 1. The molecule has 0 saturated heterocycles. The summed E-state index contributed by atoms with van der Waals surface area (Å²) < 4.78 is 37.8. The number of thiazole rings is 1. The minimum Gasteiger partial charge on any atom is -0.497 e. The first-order valence-electron chi connectivity index (χ1n) is 10.7. The first-order valence-corrected chi connectivity index (χ1v) is 13.0. The highest BCUT2D eigenvalue weighted by molar-refractivity contribution is 7.84. The van der Waals surface area contributed by atoms with Crippen molar-refractivity contribution in [2.45, 2.75) is 33.2 Å². The molecule has 0 aliphatic heterocycles. The maximum absolute atomic E-state index is 12.8. The molecule has 0 saturated carbocycles. The van der Waals surface area contributed by atoms with Gasteiger partial charge >= 0.3 is 10.3 Å². The number of carbonyl (C=O) groups is 1. The van der Waals surface area contributed by atoms with E-state index >= 15 is 0 Å². The molecule has 0 bridgehead atoms. The van der Waals surface area contributed by atoms with Crippen molar-refractivity contribution in [3.63, 3.8) is 0 Å². The lowest BCUT2D eigenvalue weighted by Gasteiger charge is -2.23. The van der Waals surface area contributed by atoms with Crippen molar-refractivity contribution in [1.29, 1.82) is 0 Å². The minimum absolute atomic E-state index is 0.106. The van der Waals surface area contributed by atoms with Gasteiger partial charge in [0.2, 0.25) is 5.91 Å². The van der Waals surface area contributed by atoms with E-state index in [1.807, 2.05) is 38.3 Å². The zero-order chi connectivity index (χ0) is 25.8. The first kappa shape index (κ1) is 26.5. The van der Waals surface area contributed by atoms with Gasteiger partial charge in [-0.05, 0) is 36.2 Å². The molecule has 0 radical (unpaired) electrons. The third-order valence-corrected chi connectivity index (χ3v) is 6.45. The molecular formula is C24H29N3O6S2. The largest absolute Gasteiger partial charge is 0.497 e. The lowest BCUT2D eigenvalue weighted by Crippen LogP contribution is -2.38. The number of rotatable bonds is 9. The van der Waals surface area contributed by atoms with E-state index in [1.165, 1.54) is 23.5 Å². The Labute approximate surface area is 209 Å². The predicted molar refractivity (Wildman–Crippen MR) is 135 cm³/mol. The van der Waals surface area contributed by atoms with Crippen LogP contribution >= 0.6 is 11.3 Å². The van der Waals surface area contributed by atoms with Gasteiger partial charge in [-0.3, -0.25) is 4.79 Å². The predicted octanol–water partition coefficient (Wildman–Crippen LogP) is 3.86. The van der Waals surface area contributed by atoms with Crippen molar-refractivity contribution in [3.8, 4) is 28.5 Å². The van der Waals surface area contributed by atoms with Crippen LogP contribution in [-0.2, 0) is 21.5 Å². The van der Waals surface area contributed by atoms with Crippen LogP contribution in [0, 0.1) is 5.41 Å². The van der Waals surface area contributed by atoms with E-state index in [1.54, 1.807) is 32.4 Å². The molecule has 0 aliphatic carbocycles. The maximum Gasteiger partial charge on any atom is 0.380 e. The van der Waals surface area contributed by atoms with Crippen LogP contribution in [0.2, 0.25) is 0 Å². The summed E-state index contributed by atoms with van der Waals surface area (Å²) in [5, 5.41) is 10.7. The number of ether oxygens (including phenoxy) is 2. The van der Waals surface area contributed by atoms with Crippen LogP contribution in [0.4, 0.5) is 0 Å². The topological polar surface area (TPSA) is 130 Å². The average molecular weight is 520 g/mol. The van der Waals surface area contributed by atoms with Gasteiger partial charge < -0.3 is 19.0 Å². The molecule has 1 amide bonds. The van der Waals surface area contributed by atoms with Crippen LogP contribution in [0.15, 0.2) is 47.8 Å². The Morgan fingerprint density at radius 3 is 2.31 bits per heavy atom. The van der Waals surface area contributed by atoms with Crippen LogP contribution in [0.3, 0.4) is 0 Å². The van der Waals surface area contributed by atoms with E-state index in [9.17, 15) is 13.2 Å². The van der Waals surface area contributed by atoms with Crippen molar-refractivity contribution in [3.05, 3.63) is 58.4 Å². The van der Waals surface area contributed by atoms with E-state index in [0.717, 1.165) is 21.8 Å². The van der Waals surface area contributed by atoms with Crippen molar-refractivity contribution in [1.82, 2.24) is 10.3 Å². The zero-order valence-electron chi connectivity index (χ0n) is 20.2. The number of nitrogens with two attached hydrogens (primary N) is 1. The molecule has 0 fully saturated rings. The summed E-state index contributed by atoms with van der Waals surface area (Å²) in [6, 6.07) is 11.6. The molecular weight excluding hydrogens is 490 g/mol. The quantitative estimate of drug-likeness (QED) is 0.439. The number of benzene rings is 2. The summed E-state index contributed by atoms with van der Waals surface area (Å²) in [6.45, 7) is 5.52. The zero-order valence-corrected chi connectivity index (χ0v) is 21.8. The smallest absolute Gasteiger partial charge is 0.380 e. The molecule has 3 aromatic rings. The molecule has 35 heavy (non-hydrogen) atoms. The van der Waals surface area contributed by atoms with E-state index < -0.39 is 21.8 Å². The summed E-state index contributed by atoms with van der Waals surface area (Å²) in [4.78, 5) is 17.6. The van der Waals surface area contributed by atoms with Crippen LogP contribution in [-0.4, -0.2) is 33.5 Å². The lowest BCUT2D eigenvalue weighted by atomic mass is 9.94. The van der Waals surface area contributed by atoms with Gasteiger partial charge in [-0.2, -0.15) is 13.6 Å². The van der Waals surface area contributed by atoms with Gasteiger partial charge in [-0.15, -0.1) is 11.3 Å². The summed E-state index contributed by atoms with van der Waals surface area (Å²) >= 11 is 1.43. The molecule has 2 aromatic carbocycles. The van der Waals surface area contributed by atoms with Gasteiger partial charge in [0.15, 0.2) is 0 Å². The number of nitrogens with zero attached hydrogens (tertiary/aromatic N) is 1. The van der Waals surface area contributed by atoms with Crippen LogP contribution in [0.1, 0.15) is 37.4 Å². The molecule has 9 nitrogen and oxygen atoms in total. The molecule has 0 spiro atoms. The van der Waals surface area contributed by atoms with E-state index in [4.69, 9.17) is 23.8 Å². The fraction of sp³-hybridized carbons (Fsp3) is 0.333. The molecule has 1 unspecified atom stereocenters. The van der Waals surface area contributed by atoms with Gasteiger partial charge in [-0.1, -0.05) is 32.9 Å². The standard InChI is InChI=1S/C24H29N3O6S2/c1-24(2,3)23(28)27-19(12-15-6-8-16(9-7-15)33-35(25,29)30)22-26-20(14-34-22)18-11-10-17(31-4)13-21(18)32-5/h6-11,13-14,19H,12H2,1-5H3,(H,27,28)(H2,25,29,30). The van der Waals surface area contributed by atoms with E-state index in [0.29, 0.717) is 17.9 Å². The molecule has 3 rings (SSSR count). The van der Waals surface area contributed by atoms with Crippen LogP contribution < -0.4 is 24.1 Å². The normalized spacial score (nSPS) is 12.6. The fourth-order valence-corrected chi connectivity index (χ4v) is 4.46. The second-order valence-electron chi connectivity index (χ2n) is 8.84. The Morgan fingerprint density at radius 1 is 1.09 bits per heavy atom. The van der Waals surface area contributed by atoms with Gasteiger partial charge in [-0.25, -0.2) is 4.98 Å². The highest BCUT2D eigenvalue weighted by Crippen LogP contribution is 2.35. The van der Waals surface area contributed by atoms with Gasteiger partial charge in [0, 0.05) is 22.4 Å². The Morgan fingerprint density at radius 2 is 1.74 bits per heavy atom. The number of hydrogen-bond acceptors (Lipinski definition) is 8. The van der Waals surface area contributed by atoms with Crippen LogP contribution in [0.5, 0.6) is 17.2 Å². The number of hydrogen-bond donors (Lipinski definition) is 2. The minimum atomic E-state index is -4.11. The fourth-order valence-electron chi connectivity index (χ4n) is 3.21.